The summed E-state index contributed by atoms with van der Waals surface area (Å²) in [6, 6.07) is 0. The highest BCUT2D eigenvalue weighted by atomic mass is 35.5. The lowest BCUT2D eigenvalue weighted by Crippen LogP contribution is -2.31. The van der Waals surface area contributed by atoms with Gasteiger partial charge in [-0.25, -0.2) is 0 Å². The number of anilines is 1. The summed E-state index contributed by atoms with van der Waals surface area (Å²) in [6.07, 6.45) is 9.51. The second-order valence-corrected chi connectivity index (χ2v) is 8.39. The average Bonchev–Trinajstić information content (AvgIpc) is 2.99. The highest BCUT2D eigenvalue weighted by Gasteiger charge is 2.30. The molecule has 0 atom stereocenters. The summed E-state index contributed by atoms with van der Waals surface area (Å²) in [5.41, 5.74) is 3.32. The van der Waals surface area contributed by atoms with Crippen LogP contribution in [-0.2, 0) is 16.1 Å². The Morgan fingerprint density at radius 3 is 2.86 bits per heavy atom. The quantitative estimate of drug-likeness (QED) is 0.769. The maximum absolute atomic E-state index is 11.3. The van der Waals surface area contributed by atoms with Crippen molar-refractivity contribution in [3.63, 3.8) is 0 Å². The number of aromatic nitrogens is 1. The SMILES string of the molecule is CC(C)OC1CCC(C2=c3[nH]c4c(c3N(CC=O)CC=C2Cl)CN=NC=4)CC1. The summed E-state index contributed by atoms with van der Waals surface area (Å²) < 4.78 is 6.02. The maximum atomic E-state index is 11.3. The number of aldehydes is 1. The molecule has 7 heteroatoms. The van der Waals surface area contributed by atoms with E-state index in [-0.39, 0.29) is 6.10 Å². The smallest absolute Gasteiger partial charge is 0.139 e. The lowest BCUT2D eigenvalue weighted by molar-refractivity contribution is -0.106. The Morgan fingerprint density at radius 2 is 2.14 bits per heavy atom. The van der Waals surface area contributed by atoms with E-state index in [2.05, 4.69) is 34.0 Å². The third-order valence-corrected chi connectivity index (χ3v) is 6.14. The fourth-order valence-corrected chi connectivity index (χ4v) is 4.93. The molecular formula is C21H27ClN4O2. The number of carbonyl (C=O) groups excluding carboxylic acids is 1. The van der Waals surface area contributed by atoms with Crippen molar-refractivity contribution in [3.05, 3.63) is 27.4 Å². The molecule has 3 aliphatic rings. The number of carbonyl (C=O) groups is 1. The number of allylic oxidation sites excluding steroid dienone is 1. The van der Waals surface area contributed by atoms with Crippen LogP contribution in [0.15, 0.2) is 21.3 Å². The molecule has 1 N–H and O–H groups in total. The van der Waals surface area contributed by atoms with Gasteiger partial charge in [-0.05, 0) is 57.1 Å². The van der Waals surface area contributed by atoms with Gasteiger partial charge in [0.2, 0.25) is 0 Å². The second-order valence-electron chi connectivity index (χ2n) is 7.98. The first kappa shape index (κ1) is 19.4. The number of azo groups is 1. The van der Waals surface area contributed by atoms with Gasteiger partial charge < -0.3 is 19.4 Å². The van der Waals surface area contributed by atoms with Gasteiger partial charge in [0.25, 0.3) is 0 Å². The van der Waals surface area contributed by atoms with Crippen LogP contribution in [0.3, 0.4) is 0 Å². The predicted octanol–water partition coefficient (Wildman–Crippen LogP) is 2.99. The number of rotatable bonds is 5. The van der Waals surface area contributed by atoms with E-state index < -0.39 is 0 Å². The van der Waals surface area contributed by atoms with Crippen molar-refractivity contribution >= 4 is 35.3 Å². The van der Waals surface area contributed by atoms with Crippen molar-refractivity contribution in [1.82, 2.24) is 4.98 Å². The zero-order valence-electron chi connectivity index (χ0n) is 16.4. The van der Waals surface area contributed by atoms with E-state index in [1.807, 2.05) is 6.08 Å². The molecule has 0 unspecified atom stereocenters. The molecule has 150 valence electrons. The zero-order valence-corrected chi connectivity index (χ0v) is 17.2. The molecule has 28 heavy (non-hydrogen) atoms. The molecule has 0 amide bonds. The zero-order chi connectivity index (χ0) is 19.7. The van der Waals surface area contributed by atoms with Crippen molar-refractivity contribution in [2.24, 2.45) is 16.1 Å². The molecule has 2 aliphatic heterocycles. The van der Waals surface area contributed by atoms with Crippen LogP contribution in [-0.4, -0.2) is 36.6 Å². The third-order valence-electron chi connectivity index (χ3n) is 5.78. The molecule has 0 spiro atoms. The number of hydrogen-bond acceptors (Lipinski definition) is 5. The van der Waals surface area contributed by atoms with Gasteiger partial charge in [-0.1, -0.05) is 11.6 Å². The van der Waals surface area contributed by atoms with Crippen LogP contribution in [0.1, 0.15) is 45.1 Å². The molecule has 1 saturated carbocycles. The van der Waals surface area contributed by atoms with E-state index >= 15 is 0 Å². The van der Waals surface area contributed by atoms with E-state index in [4.69, 9.17) is 16.3 Å². The third kappa shape index (κ3) is 3.67. The molecule has 0 saturated heterocycles. The number of ether oxygens (including phenoxy) is 1. The van der Waals surface area contributed by atoms with Crippen LogP contribution < -0.4 is 15.6 Å². The summed E-state index contributed by atoms with van der Waals surface area (Å²) in [7, 11) is 0. The predicted molar refractivity (Wildman–Crippen MR) is 111 cm³/mol. The topological polar surface area (TPSA) is 70.0 Å². The van der Waals surface area contributed by atoms with Crippen LogP contribution in [0.5, 0.6) is 0 Å². The molecule has 0 aromatic carbocycles. The standard InChI is InChI=1S/C21H27ClN4O2/c1-13(2)28-15-5-3-14(4-6-15)19-17(22)7-8-26(9-10-27)21-16-11-23-24-12-18(16)25-20(19)21/h7,10,12-15,25H,3-6,8-9,11H2,1-2H3. The number of nitrogens with one attached hydrogen (secondary N) is 1. The molecule has 6 nitrogen and oxygen atoms in total. The van der Waals surface area contributed by atoms with Gasteiger partial charge in [0.1, 0.15) is 6.29 Å². The molecule has 0 radical (unpaired) electrons. The minimum atomic E-state index is 0.261. The first-order valence-electron chi connectivity index (χ1n) is 10.1. The van der Waals surface area contributed by atoms with Crippen LogP contribution in [0.25, 0.3) is 11.8 Å². The van der Waals surface area contributed by atoms with E-state index in [1.54, 1.807) is 6.20 Å². The average molecular weight is 403 g/mol. The number of fused-ring (bicyclic) bond motifs is 3. The monoisotopic (exact) mass is 402 g/mol. The van der Waals surface area contributed by atoms with Gasteiger partial charge in [0.05, 0.1) is 47.9 Å². The summed E-state index contributed by atoms with van der Waals surface area (Å²) in [5.74, 6) is 0.375. The van der Waals surface area contributed by atoms with Crippen molar-refractivity contribution in [2.75, 3.05) is 18.0 Å². The van der Waals surface area contributed by atoms with Gasteiger partial charge >= 0.3 is 0 Å². The molecule has 1 aromatic heterocycles. The molecule has 3 heterocycles. The lowest BCUT2D eigenvalue weighted by Gasteiger charge is -2.31. The molecule has 1 aliphatic carbocycles. The Balaban J connectivity index is 1.77. The minimum absolute atomic E-state index is 0.261. The highest BCUT2D eigenvalue weighted by molar-refractivity contribution is 6.36. The fourth-order valence-electron chi connectivity index (χ4n) is 4.61. The molecule has 1 aromatic rings. The molecular weight excluding hydrogens is 376 g/mol. The Morgan fingerprint density at radius 1 is 1.36 bits per heavy atom. The van der Waals surface area contributed by atoms with Gasteiger partial charge in [0, 0.05) is 17.1 Å². The second kappa shape index (κ2) is 8.21. The Bertz CT molecular complexity index is 923. The number of halogens is 1. The summed E-state index contributed by atoms with van der Waals surface area (Å²) in [4.78, 5) is 16.9. The van der Waals surface area contributed by atoms with Gasteiger partial charge in [-0.3, -0.25) is 0 Å². The van der Waals surface area contributed by atoms with E-state index in [9.17, 15) is 4.79 Å². The van der Waals surface area contributed by atoms with Gasteiger partial charge in [-0.15, -0.1) is 0 Å². The highest BCUT2D eigenvalue weighted by Crippen LogP contribution is 2.38. The van der Waals surface area contributed by atoms with Crippen molar-refractivity contribution in [1.29, 1.82) is 0 Å². The molecule has 4 rings (SSSR count). The lowest BCUT2D eigenvalue weighted by atomic mass is 9.81. The van der Waals surface area contributed by atoms with E-state index in [1.165, 1.54) is 0 Å². The first-order valence-corrected chi connectivity index (χ1v) is 10.5. The number of nitrogens with zero attached hydrogens (tertiary/aromatic N) is 3. The summed E-state index contributed by atoms with van der Waals surface area (Å²) in [6.45, 7) is 5.65. The normalized spacial score (nSPS) is 24.4. The van der Waals surface area contributed by atoms with Crippen LogP contribution in [0, 0.1) is 5.92 Å². The first-order chi connectivity index (χ1) is 13.6. The van der Waals surface area contributed by atoms with Crippen molar-refractivity contribution in [2.45, 2.75) is 58.3 Å². The molecule has 0 bridgehead atoms. The fraction of sp³-hybridized carbons (Fsp3) is 0.571. The van der Waals surface area contributed by atoms with Crippen molar-refractivity contribution in [3.8, 4) is 0 Å². The summed E-state index contributed by atoms with van der Waals surface area (Å²) in [5, 5.41) is 11.0. The van der Waals surface area contributed by atoms with Crippen LogP contribution in [0.2, 0.25) is 0 Å². The van der Waals surface area contributed by atoms with E-state index in [0.29, 0.717) is 31.7 Å². The Kier molecular flexibility index (Phi) is 5.69. The van der Waals surface area contributed by atoms with E-state index in [0.717, 1.165) is 64.5 Å². The van der Waals surface area contributed by atoms with Gasteiger partial charge in [0.15, 0.2) is 0 Å². The minimum Gasteiger partial charge on any atom is -0.376 e. The number of aromatic amines is 1. The van der Waals surface area contributed by atoms with Crippen LogP contribution in [0.4, 0.5) is 5.69 Å². The van der Waals surface area contributed by atoms with Crippen molar-refractivity contribution < 1.29 is 9.53 Å². The van der Waals surface area contributed by atoms with Gasteiger partial charge in [-0.2, -0.15) is 10.2 Å². The maximum Gasteiger partial charge on any atom is 0.139 e. The van der Waals surface area contributed by atoms with Crippen LogP contribution >= 0.6 is 11.6 Å². The summed E-state index contributed by atoms with van der Waals surface area (Å²) >= 11 is 6.80. The number of hydrogen-bond donors (Lipinski definition) is 1. The molecule has 1 fully saturated rings. The Labute approximate surface area is 170 Å². The number of H-pyrrole nitrogens is 1. The largest absolute Gasteiger partial charge is 0.376 e. The Hall–Kier alpha value is -1.92.